The zero-order valence-electron chi connectivity index (χ0n) is 15.0. The molecule has 1 fully saturated rings. The summed E-state index contributed by atoms with van der Waals surface area (Å²) in [4.78, 5) is 9.37. The molecule has 6 heteroatoms. The molecule has 0 unspecified atom stereocenters. The molecule has 1 saturated heterocycles. The van der Waals surface area contributed by atoms with Crippen LogP contribution in [0.2, 0.25) is 0 Å². The summed E-state index contributed by atoms with van der Waals surface area (Å²) in [6.07, 6.45) is 1.92. The van der Waals surface area contributed by atoms with Gasteiger partial charge in [0, 0.05) is 32.6 Å². The maximum Gasteiger partial charge on any atom is 0.243 e. The lowest BCUT2D eigenvalue weighted by Crippen LogP contribution is -2.32. The van der Waals surface area contributed by atoms with Crippen molar-refractivity contribution in [3.05, 3.63) is 47.1 Å². The smallest absolute Gasteiger partial charge is 0.243 e. The number of aromatic nitrogens is 2. The second-order valence-electron chi connectivity index (χ2n) is 6.55. The van der Waals surface area contributed by atoms with Gasteiger partial charge < -0.3 is 4.52 Å². The average molecular weight is 339 g/mol. The summed E-state index contributed by atoms with van der Waals surface area (Å²) in [5.41, 5.74) is 1.97. The van der Waals surface area contributed by atoms with Crippen LogP contribution in [0.15, 0.2) is 28.8 Å². The third kappa shape index (κ3) is 4.44. The quantitative estimate of drug-likeness (QED) is 0.834. The summed E-state index contributed by atoms with van der Waals surface area (Å²) in [5, 5.41) is 12.9. The van der Waals surface area contributed by atoms with Gasteiger partial charge in [0.2, 0.25) is 5.89 Å². The van der Waals surface area contributed by atoms with Gasteiger partial charge in [-0.2, -0.15) is 10.2 Å². The minimum absolute atomic E-state index is 0.155. The first-order valence-electron chi connectivity index (χ1n) is 8.97. The van der Waals surface area contributed by atoms with Crippen molar-refractivity contribution < 1.29 is 4.52 Å². The Bertz CT molecular complexity index is 718. The molecule has 6 nitrogen and oxygen atoms in total. The molecule has 0 aliphatic carbocycles. The van der Waals surface area contributed by atoms with E-state index in [0.717, 1.165) is 57.3 Å². The molecule has 2 heterocycles. The molecular weight excluding hydrogens is 314 g/mol. The maximum atomic E-state index is 8.90. The van der Waals surface area contributed by atoms with E-state index in [4.69, 9.17) is 9.78 Å². The molecule has 1 atom stereocenters. The van der Waals surface area contributed by atoms with Gasteiger partial charge in [0.05, 0.1) is 17.7 Å². The predicted octanol–water partition coefficient (Wildman–Crippen LogP) is 2.77. The molecule has 0 spiro atoms. The van der Waals surface area contributed by atoms with E-state index >= 15 is 0 Å². The van der Waals surface area contributed by atoms with Gasteiger partial charge in [0.25, 0.3) is 0 Å². The fraction of sp³-hybridized carbons (Fsp3) is 0.526. The molecule has 0 radical (unpaired) electrons. The second kappa shape index (κ2) is 8.24. The molecule has 1 aromatic carbocycles. The molecule has 2 aromatic rings. The van der Waals surface area contributed by atoms with E-state index in [9.17, 15) is 0 Å². The van der Waals surface area contributed by atoms with Gasteiger partial charge in [0.15, 0.2) is 5.82 Å². The lowest BCUT2D eigenvalue weighted by Gasteiger charge is -2.25. The molecular formula is C19H25N5O. The fourth-order valence-corrected chi connectivity index (χ4v) is 3.22. The van der Waals surface area contributed by atoms with Crippen molar-refractivity contribution in [3.8, 4) is 6.07 Å². The fourth-order valence-electron chi connectivity index (χ4n) is 3.22. The minimum Gasteiger partial charge on any atom is -0.338 e. The standard InChI is InChI=1S/C19H25N5O/c1-3-18-21-19(25-22-18)15(2)24-10-4-9-23(11-12-24)14-17-7-5-16(13-20)6-8-17/h5-8,15H,3-4,9-12,14H2,1-2H3/t15-/m1/s1. The summed E-state index contributed by atoms with van der Waals surface area (Å²) >= 11 is 0. The van der Waals surface area contributed by atoms with Crippen LogP contribution in [-0.2, 0) is 13.0 Å². The van der Waals surface area contributed by atoms with E-state index in [1.807, 2.05) is 19.1 Å². The van der Waals surface area contributed by atoms with Gasteiger partial charge in [-0.1, -0.05) is 24.2 Å². The van der Waals surface area contributed by atoms with Crippen LogP contribution in [0.25, 0.3) is 0 Å². The number of rotatable bonds is 5. The first-order valence-corrected chi connectivity index (χ1v) is 8.97. The highest BCUT2D eigenvalue weighted by molar-refractivity contribution is 5.31. The second-order valence-corrected chi connectivity index (χ2v) is 6.55. The van der Waals surface area contributed by atoms with E-state index in [2.05, 4.69) is 45.1 Å². The van der Waals surface area contributed by atoms with Gasteiger partial charge in [-0.05, 0) is 37.6 Å². The van der Waals surface area contributed by atoms with Gasteiger partial charge >= 0.3 is 0 Å². The van der Waals surface area contributed by atoms with E-state index in [-0.39, 0.29) is 6.04 Å². The lowest BCUT2D eigenvalue weighted by atomic mass is 10.1. The number of hydrogen-bond donors (Lipinski definition) is 0. The first kappa shape index (κ1) is 17.6. The highest BCUT2D eigenvalue weighted by Crippen LogP contribution is 2.21. The molecule has 1 aliphatic heterocycles. The number of benzene rings is 1. The van der Waals surface area contributed by atoms with Crippen LogP contribution in [-0.4, -0.2) is 46.1 Å². The summed E-state index contributed by atoms with van der Waals surface area (Å²) < 4.78 is 5.41. The zero-order chi connectivity index (χ0) is 17.6. The Balaban J connectivity index is 1.57. The maximum absolute atomic E-state index is 8.90. The van der Waals surface area contributed by atoms with Gasteiger partial charge in [-0.25, -0.2) is 0 Å². The molecule has 0 N–H and O–H groups in total. The van der Waals surface area contributed by atoms with Gasteiger partial charge in [-0.3, -0.25) is 9.80 Å². The van der Waals surface area contributed by atoms with Crippen molar-refractivity contribution in [1.82, 2.24) is 19.9 Å². The van der Waals surface area contributed by atoms with Crippen molar-refractivity contribution >= 4 is 0 Å². The van der Waals surface area contributed by atoms with E-state index < -0.39 is 0 Å². The highest BCUT2D eigenvalue weighted by Gasteiger charge is 2.24. The van der Waals surface area contributed by atoms with Crippen molar-refractivity contribution in [3.63, 3.8) is 0 Å². The van der Waals surface area contributed by atoms with Crippen LogP contribution in [0.1, 0.15) is 49.2 Å². The topological polar surface area (TPSA) is 69.2 Å². The van der Waals surface area contributed by atoms with Crippen molar-refractivity contribution in [1.29, 1.82) is 5.26 Å². The Kier molecular flexibility index (Phi) is 5.79. The Morgan fingerprint density at radius 2 is 2.00 bits per heavy atom. The van der Waals surface area contributed by atoms with Crippen molar-refractivity contribution in [2.45, 2.75) is 39.3 Å². The van der Waals surface area contributed by atoms with E-state index in [1.165, 1.54) is 5.56 Å². The van der Waals surface area contributed by atoms with E-state index in [1.54, 1.807) is 0 Å². The van der Waals surface area contributed by atoms with Crippen LogP contribution in [0.3, 0.4) is 0 Å². The summed E-state index contributed by atoms with van der Waals surface area (Å²) in [5.74, 6) is 1.50. The van der Waals surface area contributed by atoms with Crippen LogP contribution < -0.4 is 0 Å². The van der Waals surface area contributed by atoms with Crippen molar-refractivity contribution in [2.24, 2.45) is 0 Å². The highest BCUT2D eigenvalue weighted by atomic mass is 16.5. The molecule has 0 amide bonds. The largest absolute Gasteiger partial charge is 0.338 e. The SMILES string of the molecule is CCc1noc([C@@H](C)N2CCCN(Cc3ccc(C#N)cc3)CC2)n1. The van der Waals surface area contributed by atoms with Crippen LogP contribution >= 0.6 is 0 Å². The molecule has 0 saturated carbocycles. The Morgan fingerprint density at radius 3 is 2.68 bits per heavy atom. The Morgan fingerprint density at radius 1 is 1.20 bits per heavy atom. The number of hydrogen-bond acceptors (Lipinski definition) is 6. The molecule has 0 bridgehead atoms. The van der Waals surface area contributed by atoms with Crippen LogP contribution in [0.5, 0.6) is 0 Å². The van der Waals surface area contributed by atoms with Crippen molar-refractivity contribution in [2.75, 3.05) is 26.2 Å². The normalized spacial score (nSPS) is 17.8. The van der Waals surface area contributed by atoms with Crippen LogP contribution in [0.4, 0.5) is 0 Å². The molecule has 25 heavy (non-hydrogen) atoms. The number of nitrogens with zero attached hydrogens (tertiary/aromatic N) is 5. The van der Waals surface area contributed by atoms with Gasteiger partial charge in [0.1, 0.15) is 0 Å². The van der Waals surface area contributed by atoms with E-state index in [0.29, 0.717) is 5.56 Å². The zero-order valence-corrected chi connectivity index (χ0v) is 15.0. The molecule has 1 aromatic heterocycles. The minimum atomic E-state index is 0.155. The third-order valence-corrected chi connectivity index (χ3v) is 4.82. The predicted molar refractivity (Wildman–Crippen MR) is 94.7 cm³/mol. The summed E-state index contributed by atoms with van der Waals surface area (Å²) in [6.45, 7) is 9.21. The average Bonchev–Trinajstić information content (AvgIpc) is 3.02. The summed E-state index contributed by atoms with van der Waals surface area (Å²) in [7, 11) is 0. The molecule has 3 rings (SSSR count). The molecule has 132 valence electrons. The first-order chi connectivity index (χ1) is 12.2. The third-order valence-electron chi connectivity index (χ3n) is 4.82. The summed E-state index contributed by atoms with van der Waals surface area (Å²) in [6, 6.07) is 10.2. The Labute approximate surface area is 149 Å². The number of nitriles is 1. The molecule has 1 aliphatic rings. The van der Waals surface area contributed by atoms with Gasteiger partial charge in [-0.15, -0.1) is 0 Å². The Hall–Kier alpha value is -2.23. The lowest BCUT2D eigenvalue weighted by molar-refractivity contribution is 0.174. The number of aryl methyl sites for hydroxylation is 1. The monoisotopic (exact) mass is 339 g/mol. The van der Waals surface area contributed by atoms with Crippen LogP contribution in [0, 0.1) is 11.3 Å².